The molecule has 0 radical (unpaired) electrons. The number of ether oxygens (including phenoxy) is 3. The number of carbonyl (C=O) groups excluding carboxylic acids is 2. The average Bonchev–Trinajstić information content (AvgIpc) is 3.10. The lowest BCUT2D eigenvalue weighted by atomic mass is 9.98. The van der Waals surface area contributed by atoms with Crippen molar-refractivity contribution in [2.24, 2.45) is 0 Å². The van der Waals surface area contributed by atoms with E-state index in [0.717, 1.165) is 22.8 Å². The zero-order valence-electron chi connectivity index (χ0n) is 19.8. The summed E-state index contributed by atoms with van der Waals surface area (Å²) in [6, 6.07) is 14.5. The Morgan fingerprint density at radius 3 is 2.29 bits per heavy atom. The van der Waals surface area contributed by atoms with Crippen LogP contribution in [0.3, 0.4) is 0 Å². The zero-order chi connectivity index (χ0) is 24.4. The van der Waals surface area contributed by atoms with Gasteiger partial charge >= 0.3 is 5.97 Å². The minimum Gasteiger partial charge on any atom is -0.496 e. The molecule has 0 bridgehead atoms. The molecular weight excluding hydrogens is 434 g/mol. The fourth-order valence-electron chi connectivity index (χ4n) is 4.25. The molecule has 4 rings (SSSR count). The number of nitrogens with zero attached hydrogens (tertiary/aromatic N) is 1. The number of carbonyl (C=O) groups is 2. The van der Waals surface area contributed by atoms with E-state index in [1.165, 1.54) is 12.0 Å². The highest BCUT2D eigenvalue weighted by molar-refractivity contribution is 6.17. The van der Waals surface area contributed by atoms with Crippen LogP contribution in [0.1, 0.15) is 54.9 Å². The summed E-state index contributed by atoms with van der Waals surface area (Å²) in [6.45, 7) is 6.04. The number of anilines is 1. The largest absolute Gasteiger partial charge is 0.496 e. The molecule has 1 N–H and O–H groups in total. The van der Waals surface area contributed by atoms with Gasteiger partial charge in [0.15, 0.2) is 6.23 Å². The van der Waals surface area contributed by atoms with Gasteiger partial charge in [0.2, 0.25) is 0 Å². The van der Waals surface area contributed by atoms with E-state index in [1.54, 1.807) is 31.2 Å². The molecule has 1 aliphatic heterocycles. The van der Waals surface area contributed by atoms with Crippen LogP contribution in [-0.2, 0) is 16.0 Å². The molecule has 7 nitrogen and oxygen atoms in total. The molecule has 0 fully saturated rings. The summed E-state index contributed by atoms with van der Waals surface area (Å²) in [5.41, 5.74) is 1.95. The van der Waals surface area contributed by atoms with E-state index in [0.29, 0.717) is 34.9 Å². The van der Waals surface area contributed by atoms with Crippen molar-refractivity contribution in [3.63, 3.8) is 0 Å². The Morgan fingerprint density at radius 2 is 1.71 bits per heavy atom. The summed E-state index contributed by atoms with van der Waals surface area (Å²) < 4.78 is 16.9. The lowest BCUT2D eigenvalue weighted by Gasteiger charge is -2.22. The van der Waals surface area contributed by atoms with Crippen LogP contribution in [0.5, 0.6) is 11.5 Å². The summed E-state index contributed by atoms with van der Waals surface area (Å²) in [7, 11) is 1.53. The molecule has 0 spiro atoms. The summed E-state index contributed by atoms with van der Waals surface area (Å²) in [5.74, 6) is 0.210. The third kappa shape index (κ3) is 4.07. The Morgan fingerprint density at radius 1 is 1.06 bits per heavy atom. The van der Waals surface area contributed by atoms with Crippen molar-refractivity contribution >= 4 is 28.3 Å². The first-order valence-electron chi connectivity index (χ1n) is 11.5. The van der Waals surface area contributed by atoms with E-state index in [-0.39, 0.29) is 24.4 Å². The van der Waals surface area contributed by atoms with Gasteiger partial charge in [-0.05, 0) is 38.0 Å². The first kappa shape index (κ1) is 23.6. The number of aliphatic hydroxyl groups excluding tert-OH is 1. The van der Waals surface area contributed by atoms with Crippen LogP contribution in [0.2, 0.25) is 0 Å². The maximum Gasteiger partial charge on any atom is 0.310 e. The smallest absolute Gasteiger partial charge is 0.310 e. The molecule has 0 saturated carbocycles. The van der Waals surface area contributed by atoms with Crippen LogP contribution in [0.15, 0.2) is 48.5 Å². The predicted octanol–water partition coefficient (Wildman–Crippen LogP) is 4.78. The molecule has 1 amide bonds. The molecule has 34 heavy (non-hydrogen) atoms. The molecule has 2 unspecified atom stereocenters. The predicted molar refractivity (Wildman–Crippen MR) is 129 cm³/mol. The minimum absolute atomic E-state index is 0.123. The van der Waals surface area contributed by atoms with Gasteiger partial charge in [0, 0.05) is 16.5 Å². The molecule has 3 aromatic rings. The highest BCUT2D eigenvalue weighted by Gasteiger charge is 2.43. The number of rotatable bonds is 8. The second-order valence-electron chi connectivity index (χ2n) is 8.23. The maximum absolute atomic E-state index is 13.7. The number of aliphatic hydroxyl groups is 1. The topological polar surface area (TPSA) is 85.3 Å². The van der Waals surface area contributed by atoms with Crippen LogP contribution in [-0.4, -0.2) is 36.8 Å². The molecule has 1 aliphatic rings. The van der Waals surface area contributed by atoms with E-state index < -0.39 is 6.23 Å². The third-order valence-corrected chi connectivity index (χ3v) is 6.06. The third-order valence-electron chi connectivity index (χ3n) is 6.06. The van der Waals surface area contributed by atoms with Gasteiger partial charge in [-0.2, -0.15) is 0 Å². The van der Waals surface area contributed by atoms with Crippen molar-refractivity contribution in [2.45, 2.75) is 45.9 Å². The maximum atomic E-state index is 13.7. The monoisotopic (exact) mass is 463 g/mol. The number of hydrogen-bond acceptors (Lipinski definition) is 6. The first-order valence-corrected chi connectivity index (χ1v) is 11.5. The Bertz CT molecular complexity index is 1220. The number of amides is 1. The Kier molecular flexibility index (Phi) is 6.75. The molecule has 0 saturated heterocycles. The van der Waals surface area contributed by atoms with Gasteiger partial charge < -0.3 is 19.3 Å². The molecule has 2 atom stereocenters. The van der Waals surface area contributed by atoms with Gasteiger partial charge in [-0.25, -0.2) is 0 Å². The van der Waals surface area contributed by atoms with Gasteiger partial charge in [-0.3, -0.25) is 14.5 Å². The highest BCUT2D eigenvalue weighted by Crippen LogP contribution is 2.50. The van der Waals surface area contributed by atoms with Crippen molar-refractivity contribution < 1.29 is 28.9 Å². The molecular formula is C27H29NO6. The van der Waals surface area contributed by atoms with E-state index in [4.69, 9.17) is 14.2 Å². The molecule has 7 heteroatoms. The summed E-state index contributed by atoms with van der Waals surface area (Å²) >= 11 is 0. The van der Waals surface area contributed by atoms with Crippen LogP contribution >= 0.6 is 0 Å². The molecule has 178 valence electrons. The van der Waals surface area contributed by atoms with Crippen molar-refractivity contribution in [1.82, 2.24) is 0 Å². The number of esters is 1. The summed E-state index contributed by atoms with van der Waals surface area (Å²) in [5, 5.41) is 12.9. The number of fused-ring (bicyclic) bond motifs is 2. The van der Waals surface area contributed by atoms with E-state index in [9.17, 15) is 14.7 Å². The fraction of sp³-hybridized carbons (Fsp3) is 0.333. The Labute approximate surface area is 198 Å². The molecule has 0 aromatic heterocycles. The zero-order valence-corrected chi connectivity index (χ0v) is 19.8. The summed E-state index contributed by atoms with van der Waals surface area (Å²) in [4.78, 5) is 26.8. The van der Waals surface area contributed by atoms with E-state index in [2.05, 4.69) is 0 Å². The number of benzene rings is 3. The van der Waals surface area contributed by atoms with Gasteiger partial charge in [0.25, 0.3) is 5.91 Å². The van der Waals surface area contributed by atoms with E-state index in [1.807, 2.05) is 38.1 Å². The normalized spacial score (nSPS) is 15.9. The fourth-order valence-corrected chi connectivity index (χ4v) is 4.25. The quantitative estimate of drug-likeness (QED) is 0.484. The van der Waals surface area contributed by atoms with Gasteiger partial charge in [-0.1, -0.05) is 43.3 Å². The Balaban J connectivity index is 1.80. The van der Waals surface area contributed by atoms with Gasteiger partial charge in [0.05, 0.1) is 37.4 Å². The lowest BCUT2D eigenvalue weighted by Crippen LogP contribution is -2.27. The van der Waals surface area contributed by atoms with Crippen molar-refractivity contribution in [3.05, 3.63) is 65.2 Å². The number of hydrogen-bond donors (Lipinski definition) is 1. The number of methoxy groups -OCH3 is 1. The van der Waals surface area contributed by atoms with E-state index >= 15 is 0 Å². The van der Waals surface area contributed by atoms with Gasteiger partial charge in [-0.15, -0.1) is 0 Å². The first-order chi connectivity index (χ1) is 16.4. The van der Waals surface area contributed by atoms with Crippen LogP contribution in [0.4, 0.5) is 5.69 Å². The van der Waals surface area contributed by atoms with Crippen molar-refractivity contribution in [1.29, 1.82) is 0 Å². The average molecular weight is 464 g/mol. The SMILES string of the molecule is CCOC(=O)Cc1ccc(N2C(=O)c3c(c(OC)c4ccccc4c3OC(C)CC)C2O)cc1. The second kappa shape index (κ2) is 9.73. The molecule has 3 aromatic carbocycles. The lowest BCUT2D eigenvalue weighted by molar-refractivity contribution is -0.142. The van der Waals surface area contributed by atoms with Gasteiger partial charge in [0.1, 0.15) is 11.5 Å². The van der Waals surface area contributed by atoms with Crippen LogP contribution in [0, 0.1) is 0 Å². The van der Waals surface area contributed by atoms with Crippen LogP contribution < -0.4 is 14.4 Å². The van der Waals surface area contributed by atoms with Crippen LogP contribution in [0.25, 0.3) is 10.8 Å². The standard InChI is InChI=1S/C27H29NO6/c1-5-16(3)34-25-20-10-8-7-9-19(20)24(32-4)22-23(25)27(31)28(26(22)30)18-13-11-17(12-14-18)15-21(29)33-6-2/h7-14,16,26,30H,5-6,15H2,1-4H3. The van der Waals surface area contributed by atoms with Crippen molar-refractivity contribution in [3.8, 4) is 11.5 Å². The second-order valence-corrected chi connectivity index (χ2v) is 8.23. The molecule has 0 aliphatic carbocycles. The Hall–Kier alpha value is -3.58. The molecule has 1 heterocycles. The van der Waals surface area contributed by atoms with Crippen molar-refractivity contribution in [2.75, 3.05) is 18.6 Å². The summed E-state index contributed by atoms with van der Waals surface area (Å²) in [6.07, 6.45) is -0.478. The highest BCUT2D eigenvalue weighted by atomic mass is 16.5. The minimum atomic E-state index is -1.25.